The third-order valence-electron chi connectivity index (χ3n) is 3.04. The van der Waals surface area contributed by atoms with E-state index in [1.807, 2.05) is 6.92 Å². The van der Waals surface area contributed by atoms with Gasteiger partial charge in [0.1, 0.15) is 0 Å². The Balaban J connectivity index is -0.00000144. The quantitative estimate of drug-likeness (QED) is 0.280. The van der Waals surface area contributed by atoms with Gasteiger partial charge in [0.05, 0.1) is 5.97 Å². The van der Waals surface area contributed by atoms with Crippen LogP contribution in [0.1, 0.15) is 52.4 Å². The molecule has 0 aliphatic heterocycles. The van der Waals surface area contributed by atoms with E-state index in [-0.39, 0.29) is 72.0 Å². The fourth-order valence-corrected chi connectivity index (χ4v) is 1.98. The fourth-order valence-electron chi connectivity index (χ4n) is 1.98. The van der Waals surface area contributed by atoms with Crippen molar-refractivity contribution in [3.63, 3.8) is 0 Å². The zero-order valence-electron chi connectivity index (χ0n) is 13.3. The number of aliphatic carboxylic acids is 2. The maximum atomic E-state index is 11.0. The Morgan fingerprint density at radius 1 is 1.05 bits per heavy atom. The van der Waals surface area contributed by atoms with Crippen molar-refractivity contribution < 1.29 is 78.9 Å². The van der Waals surface area contributed by atoms with Crippen LogP contribution >= 0.6 is 0 Å². The van der Waals surface area contributed by atoms with Crippen LogP contribution in [0, 0.1) is 0 Å². The van der Waals surface area contributed by atoms with Crippen LogP contribution in [0.2, 0.25) is 0 Å². The number of likely N-dealkylation sites (N-methyl/N-ethyl adjacent to an activating group) is 1. The van der Waals surface area contributed by atoms with Crippen molar-refractivity contribution in [1.82, 2.24) is 4.90 Å². The molecule has 0 amide bonds. The largest absolute Gasteiger partial charge is 1.00 e. The van der Waals surface area contributed by atoms with Crippen molar-refractivity contribution in [3.8, 4) is 0 Å². The minimum atomic E-state index is -1.22. The predicted octanol–water partition coefficient (Wildman–Crippen LogP) is -6.45. The van der Waals surface area contributed by atoms with E-state index in [1.54, 1.807) is 4.90 Å². The van der Waals surface area contributed by atoms with Gasteiger partial charge in [-0.15, -0.1) is 0 Å². The molecule has 1 atom stereocenters. The minimum absolute atomic E-state index is 0. The van der Waals surface area contributed by atoms with E-state index in [0.717, 1.165) is 25.7 Å². The molecule has 0 rings (SSSR count). The van der Waals surface area contributed by atoms with Gasteiger partial charge >= 0.3 is 59.1 Å². The average Bonchev–Trinajstić information content (AvgIpc) is 2.31. The summed E-state index contributed by atoms with van der Waals surface area (Å²) in [6.45, 7) is 5.23. The van der Waals surface area contributed by atoms with Crippen LogP contribution < -0.4 is 69.3 Å². The molecule has 0 aromatic carbocycles. The number of unbranched alkanes of at least 4 members (excludes halogenated alkanes) is 3. The molecule has 0 unspecified atom stereocenters. The second kappa shape index (κ2) is 16.3. The van der Waals surface area contributed by atoms with Gasteiger partial charge in [-0.05, 0) is 32.4 Å². The molecule has 7 heteroatoms. The third kappa shape index (κ3) is 12.6. The van der Waals surface area contributed by atoms with Crippen LogP contribution in [0.25, 0.3) is 0 Å². The SMILES string of the molecule is CCCCCCN(CC)[C@@H](CCC(=O)[O-])C(=O)[O-].[Na+].[Na+]. The number of carboxylic acid groups (broad SMARTS) is 2. The molecule has 0 aromatic rings. The van der Waals surface area contributed by atoms with E-state index in [1.165, 1.54) is 0 Å². The van der Waals surface area contributed by atoms with E-state index in [0.29, 0.717) is 13.1 Å². The molecule has 0 radical (unpaired) electrons. The Labute approximate surface area is 166 Å². The van der Waals surface area contributed by atoms with E-state index in [9.17, 15) is 19.8 Å². The Kier molecular flexibility index (Phi) is 21.0. The zero-order chi connectivity index (χ0) is 14.0. The van der Waals surface area contributed by atoms with E-state index in [4.69, 9.17) is 0 Å². The first-order valence-corrected chi connectivity index (χ1v) is 6.67. The average molecular weight is 303 g/mol. The van der Waals surface area contributed by atoms with Crippen LogP contribution in [0.15, 0.2) is 0 Å². The second-order valence-corrected chi connectivity index (χ2v) is 4.43. The van der Waals surface area contributed by atoms with Gasteiger partial charge in [0, 0.05) is 12.0 Å². The number of rotatable bonds is 11. The summed E-state index contributed by atoms with van der Waals surface area (Å²) in [5.74, 6) is -2.42. The minimum Gasteiger partial charge on any atom is -0.550 e. The van der Waals surface area contributed by atoms with Gasteiger partial charge in [0.2, 0.25) is 0 Å². The molecule has 0 aromatic heterocycles. The van der Waals surface area contributed by atoms with Crippen LogP contribution in [-0.2, 0) is 9.59 Å². The normalized spacial score (nSPS) is 11.3. The number of carboxylic acids is 2. The Bertz CT molecular complexity index is 265. The van der Waals surface area contributed by atoms with Crippen LogP contribution in [0.4, 0.5) is 0 Å². The molecule has 0 spiro atoms. The third-order valence-corrected chi connectivity index (χ3v) is 3.04. The Morgan fingerprint density at radius 3 is 2.05 bits per heavy atom. The molecule has 20 heavy (non-hydrogen) atoms. The van der Waals surface area contributed by atoms with Gasteiger partial charge in [-0.3, -0.25) is 4.90 Å². The molecule has 0 saturated heterocycles. The first-order valence-electron chi connectivity index (χ1n) is 6.67. The molecule has 0 aliphatic carbocycles. The Hall–Kier alpha value is 0.900. The topological polar surface area (TPSA) is 83.5 Å². The molecule has 0 heterocycles. The monoisotopic (exact) mass is 303 g/mol. The number of nitrogens with zero attached hydrogens (tertiary/aromatic N) is 1. The number of hydrogen-bond acceptors (Lipinski definition) is 5. The van der Waals surface area contributed by atoms with Crippen molar-refractivity contribution in [1.29, 1.82) is 0 Å². The van der Waals surface area contributed by atoms with E-state index in [2.05, 4.69) is 6.92 Å². The van der Waals surface area contributed by atoms with E-state index >= 15 is 0 Å². The maximum absolute atomic E-state index is 11.0. The number of carbonyl (C=O) groups is 2. The fraction of sp³-hybridized carbons (Fsp3) is 0.846. The molecule has 5 nitrogen and oxygen atoms in total. The standard InChI is InChI=1S/C13H25NO4.2Na/c1-3-5-6-7-10-14(4-2)11(13(17)18)8-9-12(15)16;;/h11H,3-10H2,1-2H3,(H,15,16)(H,17,18);;/q;2*+1/p-2/t11-;;/m0../s1. The summed E-state index contributed by atoms with van der Waals surface area (Å²) in [6.07, 6.45) is 4.05. The summed E-state index contributed by atoms with van der Waals surface area (Å²) in [4.78, 5) is 23.2. The summed E-state index contributed by atoms with van der Waals surface area (Å²) in [5.41, 5.74) is 0. The molecule has 0 bridgehead atoms. The van der Waals surface area contributed by atoms with Gasteiger partial charge in [0.25, 0.3) is 0 Å². The first-order chi connectivity index (χ1) is 8.52. The van der Waals surface area contributed by atoms with Gasteiger partial charge < -0.3 is 19.8 Å². The summed E-state index contributed by atoms with van der Waals surface area (Å²) in [6, 6.07) is -0.825. The molecular weight excluding hydrogens is 280 g/mol. The molecular formula is C13H23NNa2O4. The van der Waals surface area contributed by atoms with Crippen LogP contribution in [-0.4, -0.2) is 36.0 Å². The first kappa shape index (κ1) is 25.8. The second-order valence-electron chi connectivity index (χ2n) is 4.43. The molecule has 0 N–H and O–H groups in total. The van der Waals surface area contributed by atoms with Gasteiger partial charge in [-0.2, -0.15) is 0 Å². The van der Waals surface area contributed by atoms with Gasteiger partial charge in [0.15, 0.2) is 0 Å². The van der Waals surface area contributed by atoms with Crippen molar-refractivity contribution in [2.75, 3.05) is 13.1 Å². The molecule has 106 valence electrons. The smallest absolute Gasteiger partial charge is 0.550 e. The number of hydrogen-bond donors (Lipinski definition) is 0. The van der Waals surface area contributed by atoms with Crippen LogP contribution in [0.3, 0.4) is 0 Å². The van der Waals surface area contributed by atoms with Crippen molar-refractivity contribution >= 4 is 11.9 Å². The van der Waals surface area contributed by atoms with Gasteiger partial charge in [-0.25, -0.2) is 0 Å². The molecule has 0 fully saturated rings. The molecule has 0 saturated carbocycles. The summed E-state index contributed by atoms with van der Waals surface area (Å²) < 4.78 is 0. The summed E-state index contributed by atoms with van der Waals surface area (Å²) >= 11 is 0. The van der Waals surface area contributed by atoms with Crippen molar-refractivity contribution in [3.05, 3.63) is 0 Å². The summed E-state index contributed by atoms with van der Waals surface area (Å²) in [7, 11) is 0. The van der Waals surface area contributed by atoms with Crippen LogP contribution in [0.5, 0.6) is 0 Å². The zero-order valence-corrected chi connectivity index (χ0v) is 17.3. The number of carbonyl (C=O) groups excluding carboxylic acids is 2. The predicted molar refractivity (Wildman–Crippen MR) is 64.4 cm³/mol. The Morgan fingerprint density at radius 2 is 1.65 bits per heavy atom. The maximum Gasteiger partial charge on any atom is 1.00 e. The molecule has 0 aliphatic rings. The van der Waals surface area contributed by atoms with Crippen molar-refractivity contribution in [2.45, 2.75) is 58.4 Å². The van der Waals surface area contributed by atoms with Gasteiger partial charge in [-0.1, -0.05) is 33.1 Å². The summed E-state index contributed by atoms with van der Waals surface area (Å²) in [5, 5.41) is 21.4. The van der Waals surface area contributed by atoms with E-state index < -0.39 is 18.0 Å². The van der Waals surface area contributed by atoms with Crippen molar-refractivity contribution in [2.24, 2.45) is 0 Å².